The number of carbonyl (C=O) groups is 3. The highest BCUT2D eigenvalue weighted by Gasteiger charge is 2.25. The lowest BCUT2D eigenvalue weighted by Crippen LogP contribution is -2.49. The summed E-state index contributed by atoms with van der Waals surface area (Å²) in [5.74, 6) is -0.120. The average molecular weight is 547 g/mol. The van der Waals surface area contributed by atoms with Gasteiger partial charge in [0.05, 0.1) is 45.2 Å². The summed E-state index contributed by atoms with van der Waals surface area (Å²) in [6.45, 7) is 3.56. The minimum atomic E-state index is -0.432. The molecule has 40 heavy (non-hydrogen) atoms. The first kappa shape index (κ1) is 28.8. The third kappa shape index (κ3) is 7.25. The van der Waals surface area contributed by atoms with Gasteiger partial charge in [-0.2, -0.15) is 0 Å². The molecule has 0 aliphatic carbocycles. The second-order valence-electron chi connectivity index (χ2n) is 9.43. The van der Waals surface area contributed by atoms with Crippen LogP contribution in [-0.4, -0.2) is 81.7 Å². The Bertz CT molecular complexity index is 1300. The van der Waals surface area contributed by atoms with E-state index in [2.05, 4.69) is 4.90 Å². The number of amides is 1. The molecular formula is C31H34N2O7. The van der Waals surface area contributed by atoms with Crippen molar-refractivity contribution < 1.29 is 33.3 Å². The van der Waals surface area contributed by atoms with Crippen molar-refractivity contribution in [3.8, 4) is 5.75 Å². The van der Waals surface area contributed by atoms with E-state index in [0.717, 1.165) is 16.9 Å². The van der Waals surface area contributed by atoms with E-state index in [1.54, 1.807) is 43.5 Å². The maximum absolute atomic E-state index is 13.0. The second kappa shape index (κ2) is 13.7. The highest BCUT2D eigenvalue weighted by molar-refractivity contribution is 5.96. The van der Waals surface area contributed by atoms with Gasteiger partial charge in [0.2, 0.25) is 0 Å². The molecule has 9 nitrogen and oxygen atoms in total. The summed E-state index contributed by atoms with van der Waals surface area (Å²) in [6, 6.07) is 21.5. The Morgan fingerprint density at radius 1 is 0.750 bits per heavy atom. The largest absolute Gasteiger partial charge is 0.497 e. The van der Waals surface area contributed by atoms with Crippen LogP contribution in [0.4, 0.5) is 0 Å². The molecule has 3 aromatic carbocycles. The van der Waals surface area contributed by atoms with Crippen LogP contribution < -0.4 is 4.74 Å². The monoisotopic (exact) mass is 546 g/mol. The van der Waals surface area contributed by atoms with Gasteiger partial charge in [0.25, 0.3) is 5.91 Å². The predicted octanol–water partition coefficient (Wildman–Crippen LogP) is 3.98. The zero-order valence-corrected chi connectivity index (χ0v) is 23.0. The molecule has 1 amide bonds. The molecule has 9 heteroatoms. The van der Waals surface area contributed by atoms with Gasteiger partial charge in [0.15, 0.2) is 0 Å². The molecule has 1 aliphatic rings. The van der Waals surface area contributed by atoms with Crippen LogP contribution in [0.1, 0.15) is 48.3 Å². The average Bonchev–Trinajstić information content (AvgIpc) is 3.02. The van der Waals surface area contributed by atoms with Gasteiger partial charge in [-0.1, -0.05) is 24.3 Å². The molecule has 0 saturated carbocycles. The van der Waals surface area contributed by atoms with E-state index in [1.165, 1.54) is 14.2 Å². The van der Waals surface area contributed by atoms with E-state index in [9.17, 15) is 14.4 Å². The van der Waals surface area contributed by atoms with Gasteiger partial charge in [-0.05, 0) is 59.7 Å². The molecule has 1 fully saturated rings. The van der Waals surface area contributed by atoms with Crippen molar-refractivity contribution >= 4 is 17.8 Å². The van der Waals surface area contributed by atoms with Crippen LogP contribution in [0.15, 0.2) is 72.8 Å². The molecule has 1 unspecified atom stereocenters. The minimum Gasteiger partial charge on any atom is -0.497 e. The Kier molecular flexibility index (Phi) is 9.88. The summed E-state index contributed by atoms with van der Waals surface area (Å²) in [4.78, 5) is 40.6. The summed E-state index contributed by atoms with van der Waals surface area (Å²) < 4.78 is 21.3. The SMILES string of the molecule is COC(=O)c1ccc(COC(CN2CCN(C(=O)c3ccc(C(=O)OC)cc3)CC2)c2cccc(OC)c2)cc1. The summed E-state index contributed by atoms with van der Waals surface area (Å²) in [6.07, 6.45) is -0.233. The van der Waals surface area contributed by atoms with Crippen molar-refractivity contribution in [2.45, 2.75) is 12.7 Å². The number of piperazine rings is 1. The van der Waals surface area contributed by atoms with Crippen LogP contribution >= 0.6 is 0 Å². The fraction of sp³-hybridized carbons (Fsp3) is 0.323. The molecule has 1 saturated heterocycles. The summed E-state index contributed by atoms with van der Waals surface area (Å²) >= 11 is 0. The molecule has 1 heterocycles. The number of rotatable bonds is 10. The van der Waals surface area contributed by atoms with Gasteiger partial charge in [-0.3, -0.25) is 9.69 Å². The summed E-state index contributed by atoms with van der Waals surface area (Å²) in [5, 5.41) is 0. The van der Waals surface area contributed by atoms with Gasteiger partial charge in [0, 0.05) is 38.3 Å². The Morgan fingerprint density at radius 3 is 1.90 bits per heavy atom. The number of esters is 2. The van der Waals surface area contributed by atoms with Crippen LogP contribution in [0, 0.1) is 0 Å². The van der Waals surface area contributed by atoms with Crippen molar-refractivity contribution in [1.29, 1.82) is 0 Å². The zero-order valence-electron chi connectivity index (χ0n) is 23.0. The van der Waals surface area contributed by atoms with Gasteiger partial charge in [0.1, 0.15) is 5.75 Å². The Labute approximate surface area is 234 Å². The fourth-order valence-electron chi connectivity index (χ4n) is 4.57. The lowest BCUT2D eigenvalue weighted by atomic mass is 10.1. The maximum Gasteiger partial charge on any atom is 0.337 e. The number of hydrogen-bond donors (Lipinski definition) is 0. The predicted molar refractivity (Wildman–Crippen MR) is 148 cm³/mol. The molecule has 0 spiro atoms. The van der Waals surface area contributed by atoms with E-state index < -0.39 is 5.97 Å². The van der Waals surface area contributed by atoms with Gasteiger partial charge in [-0.15, -0.1) is 0 Å². The van der Waals surface area contributed by atoms with Crippen LogP contribution in [0.5, 0.6) is 5.75 Å². The number of ether oxygens (including phenoxy) is 4. The Morgan fingerprint density at radius 2 is 1.32 bits per heavy atom. The van der Waals surface area contributed by atoms with E-state index in [1.807, 2.05) is 41.3 Å². The molecule has 0 bridgehead atoms. The third-order valence-corrected chi connectivity index (χ3v) is 6.93. The normalized spacial score (nSPS) is 14.3. The lowest BCUT2D eigenvalue weighted by molar-refractivity contribution is 0.00331. The van der Waals surface area contributed by atoms with Crippen LogP contribution in [0.25, 0.3) is 0 Å². The lowest BCUT2D eigenvalue weighted by Gasteiger charge is -2.36. The number of methoxy groups -OCH3 is 3. The van der Waals surface area contributed by atoms with Crippen molar-refractivity contribution in [2.75, 3.05) is 54.1 Å². The smallest absolute Gasteiger partial charge is 0.337 e. The topological polar surface area (TPSA) is 94.6 Å². The zero-order chi connectivity index (χ0) is 28.5. The van der Waals surface area contributed by atoms with Crippen LogP contribution in [-0.2, 0) is 20.8 Å². The standard InChI is InChI=1S/C31H34N2O7/c1-37-27-6-4-5-26(19-27)28(40-21-22-7-9-24(10-8-22)30(35)38-2)20-32-15-17-33(18-16-32)29(34)23-11-13-25(14-12-23)31(36)39-3/h4-14,19,28H,15-18,20-21H2,1-3H3. The van der Waals surface area contributed by atoms with Crippen LogP contribution in [0.3, 0.4) is 0 Å². The first-order chi connectivity index (χ1) is 19.4. The van der Waals surface area contributed by atoms with E-state index in [4.69, 9.17) is 18.9 Å². The molecule has 210 valence electrons. The molecule has 0 radical (unpaired) electrons. The second-order valence-corrected chi connectivity index (χ2v) is 9.43. The molecule has 1 atom stereocenters. The summed E-state index contributed by atoms with van der Waals surface area (Å²) in [5.41, 5.74) is 3.37. The highest BCUT2D eigenvalue weighted by atomic mass is 16.5. The van der Waals surface area contributed by atoms with E-state index in [-0.39, 0.29) is 18.0 Å². The molecule has 3 aromatic rings. The molecule has 1 aliphatic heterocycles. The van der Waals surface area contributed by atoms with Crippen molar-refractivity contribution in [3.05, 3.63) is 101 Å². The first-order valence-corrected chi connectivity index (χ1v) is 13.0. The van der Waals surface area contributed by atoms with Gasteiger partial charge < -0.3 is 23.8 Å². The minimum absolute atomic E-state index is 0.0629. The molecular weight excluding hydrogens is 512 g/mol. The maximum atomic E-state index is 13.0. The number of carbonyl (C=O) groups excluding carboxylic acids is 3. The van der Waals surface area contributed by atoms with Crippen molar-refractivity contribution in [2.24, 2.45) is 0 Å². The third-order valence-electron chi connectivity index (χ3n) is 6.93. The Hall–Kier alpha value is -4.21. The quantitative estimate of drug-likeness (QED) is 0.353. The molecule has 0 N–H and O–H groups in total. The van der Waals surface area contributed by atoms with Crippen molar-refractivity contribution in [3.63, 3.8) is 0 Å². The number of benzene rings is 3. The van der Waals surface area contributed by atoms with E-state index in [0.29, 0.717) is 56.0 Å². The number of nitrogens with zero attached hydrogens (tertiary/aromatic N) is 2. The fourth-order valence-corrected chi connectivity index (χ4v) is 4.57. The van der Waals surface area contributed by atoms with E-state index >= 15 is 0 Å². The summed E-state index contributed by atoms with van der Waals surface area (Å²) in [7, 11) is 4.32. The first-order valence-electron chi connectivity index (χ1n) is 13.0. The van der Waals surface area contributed by atoms with Crippen LogP contribution in [0.2, 0.25) is 0 Å². The van der Waals surface area contributed by atoms with Gasteiger partial charge >= 0.3 is 11.9 Å². The highest BCUT2D eigenvalue weighted by Crippen LogP contribution is 2.25. The Balaban J connectivity index is 1.38. The number of hydrogen-bond acceptors (Lipinski definition) is 8. The van der Waals surface area contributed by atoms with Crippen molar-refractivity contribution in [1.82, 2.24) is 9.80 Å². The van der Waals surface area contributed by atoms with Gasteiger partial charge in [-0.25, -0.2) is 9.59 Å². The molecule has 0 aromatic heterocycles. The molecule has 4 rings (SSSR count).